The van der Waals surface area contributed by atoms with E-state index in [1.165, 1.54) is 0 Å². The predicted octanol–water partition coefficient (Wildman–Crippen LogP) is 1.78. The molecule has 0 spiro atoms. The number of ether oxygens (including phenoxy) is 1. The fourth-order valence-corrected chi connectivity index (χ4v) is 1.89. The van der Waals surface area contributed by atoms with E-state index in [1.807, 2.05) is 0 Å². The summed E-state index contributed by atoms with van der Waals surface area (Å²) in [6, 6.07) is 6.73. The van der Waals surface area contributed by atoms with Crippen molar-refractivity contribution in [1.29, 1.82) is 0 Å². The summed E-state index contributed by atoms with van der Waals surface area (Å²) in [5.41, 5.74) is -0.277. The van der Waals surface area contributed by atoms with Gasteiger partial charge in [-0.05, 0) is 30.5 Å². The molecule has 0 aliphatic carbocycles. The summed E-state index contributed by atoms with van der Waals surface area (Å²) in [5.74, 6) is 0.872. The van der Waals surface area contributed by atoms with Gasteiger partial charge in [-0.1, -0.05) is 26.0 Å². The summed E-state index contributed by atoms with van der Waals surface area (Å²) in [6.07, 6.45) is 0. The maximum absolute atomic E-state index is 11.8. The molecule has 1 aromatic rings. The summed E-state index contributed by atoms with van der Waals surface area (Å²) in [4.78, 5) is 23.0. The zero-order valence-electron chi connectivity index (χ0n) is 11.3. The van der Waals surface area contributed by atoms with Gasteiger partial charge in [-0.15, -0.1) is 0 Å². The smallest absolute Gasteiger partial charge is 0.322 e. The van der Waals surface area contributed by atoms with Crippen LogP contribution in [0, 0.1) is 5.92 Å². The molecule has 5 heteroatoms. The van der Waals surface area contributed by atoms with Gasteiger partial charge in [0.1, 0.15) is 11.3 Å². The molecule has 5 nitrogen and oxygen atoms in total. The number of hydrogen-bond acceptors (Lipinski definition) is 3. The molecule has 2 N–H and O–H groups in total. The first-order valence-electron chi connectivity index (χ1n) is 6.29. The minimum Gasteiger partial charge on any atom is -0.493 e. The molecule has 0 aromatic heterocycles. The molecule has 2 rings (SSSR count). The van der Waals surface area contributed by atoms with E-state index in [9.17, 15) is 9.59 Å². The molecule has 1 aliphatic rings. The van der Waals surface area contributed by atoms with Gasteiger partial charge in [-0.3, -0.25) is 10.1 Å². The molecule has 1 aromatic carbocycles. The first kappa shape index (κ1) is 13.4. The van der Waals surface area contributed by atoms with Crippen molar-refractivity contribution in [1.82, 2.24) is 10.6 Å². The van der Waals surface area contributed by atoms with Crippen molar-refractivity contribution in [3.05, 3.63) is 29.8 Å². The van der Waals surface area contributed by atoms with E-state index in [4.69, 9.17) is 4.74 Å². The fourth-order valence-electron chi connectivity index (χ4n) is 1.89. The molecule has 1 atom stereocenters. The number of rotatable bonds is 4. The van der Waals surface area contributed by atoms with Crippen LogP contribution in [0.25, 0.3) is 0 Å². The molecule has 1 aliphatic heterocycles. The van der Waals surface area contributed by atoms with Crippen LogP contribution in [0.3, 0.4) is 0 Å². The molecule has 1 heterocycles. The molecule has 1 fully saturated rings. The van der Waals surface area contributed by atoms with Crippen molar-refractivity contribution in [2.45, 2.75) is 26.3 Å². The maximum Gasteiger partial charge on any atom is 0.322 e. The average molecular weight is 262 g/mol. The number of benzene rings is 1. The standard InChI is InChI=1S/C14H18N2O3/c1-9(2)8-19-11-6-4-10(5-7-11)14(3)12(17)15-13(18)16-14/h4-7,9H,8H2,1-3H3,(H2,15,16,17,18)/t14-/m0/s1. The van der Waals surface area contributed by atoms with Crippen molar-refractivity contribution in [2.75, 3.05) is 6.61 Å². The summed E-state index contributed by atoms with van der Waals surface area (Å²) < 4.78 is 5.58. The van der Waals surface area contributed by atoms with Crippen molar-refractivity contribution >= 4 is 11.9 Å². The number of hydrogen-bond donors (Lipinski definition) is 2. The molecule has 3 amide bonds. The Labute approximate surface area is 112 Å². The van der Waals surface area contributed by atoms with Gasteiger partial charge in [0.15, 0.2) is 0 Å². The molecule has 1 saturated heterocycles. The largest absolute Gasteiger partial charge is 0.493 e. The van der Waals surface area contributed by atoms with Crippen LogP contribution in [0.2, 0.25) is 0 Å². The molecule has 19 heavy (non-hydrogen) atoms. The Morgan fingerprint density at radius 2 is 1.84 bits per heavy atom. The Balaban J connectivity index is 2.14. The lowest BCUT2D eigenvalue weighted by Gasteiger charge is -2.21. The van der Waals surface area contributed by atoms with E-state index < -0.39 is 11.6 Å². The van der Waals surface area contributed by atoms with E-state index >= 15 is 0 Å². The predicted molar refractivity (Wildman–Crippen MR) is 70.8 cm³/mol. The van der Waals surface area contributed by atoms with Gasteiger partial charge >= 0.3 is 6.03 Å². The molecular formula is C14H18N2O3. The zero-order valence-corrected chi connectivity index (χ0v) is 11.3. The van der Waals surface area contributed by atoms with E-state index in [1.54, 1.807) is 31.2 Å². The minimum absolute atomic E-state index is 0.339. The van der Waals surface area contributed by atoms with E-state index in [0.29, 0.717) is 12.5 Å². The van der Waals surface area contributed by atoms with E-state index in [2.05, 4.69) is 24.5 Å². The number of imide groups is 1. The van der Waals surface area contributed by atoms with Crippen LogP contribution in [-0.4, -0.2) is 18.5 Å². The molecule has 102 valence electrons. The SMILES string of the molecule is CC(C)COc1ccc([C@]2(C)NC(=O)NC2=O)cc1. The molecule has 0 saturated carbocycles. The Morgan fingerprint density at radius 1 is 1.21 bits per heavy atom. The van der Waals surface area contributed by atoms with Crippen LogP contribution in [-0.2, 0) is 10.3 Å². The second-order valence-electron chi connectivity index (χ2n) is 5.26. The summed E-state index contributed by atoms with van der Waals surface area (Å²) in [7, 11) is 0. The molecule has 0 bridgehead atoms. The summed E-state index contributed by atoms with van der Waals surface area (Å²) >= 11 is 0. The summed E-state index contributed by atoms with van der Waals surface area (Å²) in [6.45, 7) is 6.48. The van der Waals surface area contributed by atoms with Gasteiger partial charge in [0.25, 0.3) is 5.91 Å². The number of nitrogens with one attached hydrogen (secondary N) is 2. The van der Waals surface area contributed by atoms with Crippen LogP contribution < -0.4 is 15.4 Å². The van der Waals surface area contributed by atoms with Crippen molar-refractivity contribution in [3.63, 3.8) is 0 Å². The van der Waals surface area contributed by atoms with Crippen LogP contribution in [0.5, 0.6) is 5.75 Å². The number of carbonyl (C=O) groups excluding carboxylic acids is 2. The number of urea groups is 1. The van der Waals surface area contributed by atoms with Crippen LogP contribution >= 0.6 is 0 Å². The third-order valence-corrected chi connectivity index (χ3v) is 3.06. The monoisotopic (exact) mass is 262 g/mol. The third-order valence-electron chi connectivity index (χ3n) is 3.06. The highest BCUT2D eigenvalue weighted by atomic mass is 16.5. The Bertz CT molecular complexity index is 496. The van der Waals surface area contributed by atoms with Gasteiger partial charge in [0.2, 0.25) is 0 Å². The van der Waals surface area contributed by atoms with Gasteiger partial charge in [0, 0.05) is 0 Å². The van der Waals surface area contributed by atoms with E-state index in [0.717, 1.165) is 11.3 Å². The quantitative estimate of drug-likeness (QED) is 0.813. The Hall–Kier alpha value is -2.04. The first-order valence-corrected chi connectivity index (χ1v) is 6.29. The lowest BCUT2D eigenvalue weighted by molar-refractivity contribution is -0.123. The second-order valence-corrected chi connectivity index (χ2v) is 5.26. The van der Waals surface area contributed by atoms with Gasteiger partial charge in [-0.2, -0.15) is 0 Å². The molecular weight excluding hydrogens is 244 g/mol. The Morgan fingerprint density at radius 3 is 2.32 bits per heavy atom. The van der Waals surface area contributed by atoms with Crippen LogP contribution in [0.1, 0.15) is 26.3 Å². The second kappa shape index (κ2) is 4.91. The van der Waals surface area contributed by atoms with Gasteiger partial charge in [0.05, 0.1) is 6.61 Å². The highest BCUT2D eigenvalue weighted by molar-refractivity contribution is 6.07. The first-order chi connectivity index (χ1) is 8.91. The Kier molecular flexibility index (Phi) is 3.46. The maximum atomic E-state index is 11.8. The number of amides is 3. The van der Waals surface area contributed by atoms with Gasteiger partial charge < -0.3 is 10.1 Å². The highest BCUT2D eigenvalue weighted by Gasteiger charge is 2.43. The topological polar surface area (TPSA) is 67.4 Å². The molecule has 0 radical (unpaired) electrons. The third kappa shape index (κ3) is 2.70. The van der Waals surface area contributed by atoms with Crippen molar-refractivity contribution in [3.8, 4) is 5.75 Å². The van der Waals surface area contributed by atoms with Crippen molar-refractivity contribution in [2.24, 2.45) is 5.92 Å². The minimum atomic E-state index is -1.01. The average Bonchev–Trinajstić information content (AvgIpc) is 2.62. The summed E-state index contributed by atoms with van der Waals surface area (Å²) in [5, 5.41) is 4.87. The fraction of sp³-hybridized carbons (Fsp3) is 0.429. The van der Waals surface area contributed by atoms with Crippen LogP contribution in [0.4, 0.5) is 4.79 Å². The lowest BCUT2D eigenvalue weighted by Crippen LogP contribution is -2.40. The normalized spacial score (nSPS) is 22.3. The zero-order chi connectivity index (χ0) is 14.0. The number of carbonyl (C=O) groups is 2. The lowest BCUT2D eigenvalue weighted by atomic mass is 9.92. The van der Waals surface area contributed by atoms with E-state index in [-0.39, 0.29) is 5.91 Å². The van der Waals surface area contributed by atoms with Gasteiger partial charge in [-0.25, -0.2) is 4.79 Å². The van der Waals surface area contributed by atoms with Crippen molar-refractivity contribution < 1.29 is 14.3 Å². The van der Waals surface area contributed by atoms with Crippen LogP contribution in [0.15, 0.2) is 24.3 Å². The highest BCUT2D eigenvalue weighted by Crippen LogP contribution is 2.26. The molecule has 0 unspecified atom stereocenters.